The Kier molecular flexibility index (Phi) is 7.38. The first-order valence-electron chi connectivity index (χ1n) is 7.19. The number of hydrogen-bond acceptors (Lipinski definition) is 5. The zero-order valence-electron chi connectivity index (χ0n) is 12.9. The molecule has 0 atom stereocenters. The van der Waals surface area contributed by atoms with Gasteiger partial charge < -0.3 is 14.6 Å². The number of carbonyl (C=O) groups excluding carboxylic acids is 1. The smallest absolute Gasteiger partial charge is 0.230 e. The van der Waals surface area contributed by atoms with Gasteiger partial charge in [0.2, 0.25) is 5.91 Å². The Morgan fingerprint density at radius 1 is 1.39 bits per heavy atom. The number of methoxy groups -OCH3 is 1. The molecule has 8 heteroatoms. The third kappa shape index (κ3) is 6.21. The van der Waals surface area contributed by atoms with Gasteiger partial charge >= 0.3 is 0 Å². The number of ether oxygens (including phenoxy) is 1. The van der Waals surface area contributed by atoms with Crippen LogP contribution in [0.3, 0.4) is 0 Å². The molecule has 1 aromatic carbocycles. The third-order valence-corrected chi connectivity index (χ3v) is 4.33. The average molecular weight is 355 g/mol. The molecule has 0 fully saturated rings. The van der Waals surface area contributed by atoms with Crippen LogP contribution in [0.5, 0.6) is 0 Å². The Labute approximate surface area is 144 Å². The fourth-order valence-electron chi connectivity index (χ4n) is 1.88. The van der Waals surface area contributed by atoms with Crippen molar-refractivity contribution in [3.05, 3.63) is 41.2 Å². The van der Waals surface area contributed by atoms with Gasteiger partial charge in [0.1, 0.15) is 6.33 Å². The number of nitrogens with zero attached hydrogens (tertiary/aromatic N) is 3. The van der Waals surface area contributed by atoms with Gasteiger partial charge in [-0.3, -0.25) is 4.79 Å². The highest BCUT2D eigenvalue weighted by atomic mass is 35.5. The van der Waals surface area contributed by atoms with Crippen LogP contribution in [0.1, 0.15) is 5.56 Å². The van der Waals surface area contributed by atoms with Crippen molar-refractivity contribution in [2.75, 3.05) is 26.0 Å². The fraction of sp³-hybridized carbons (Fsp3) is 0.400. The monoisotopic (exact) mass is 354 g/mol. The van der Waals surface area contributed by atoms with Crippen LogP contribution in [0.15, 0.2) is 35.7 Å². The van der Waals surface area contributed by atoms with Gasteiger partial charge in [0.05, 0.1) is 12.4 Å². The lowest BCUT2D eigenvalue weighted by molar-refractivity contribution is -0.118. The number of amides is 1. The summed E-state index contributed by atoms with van der Waals surface area (Å²) < 4.78 is 6.90. The summed E-state index contributed by atoms with van der Waals surface area (Å²) in [5, 5.41) is 12.2. The van der Waals surface area contributed by atoms with E-state index in [1.807, 2.05) is 28.8 Å². The Morgan fingerprint density at radius 2 is 2.17 bits per heavy atom. The van der Waals surface area contributed by atoms with Gasteiger partial charge in [-0.15, -0.1) is 10.2 Å². The maximum atomic E-state index is 11.9. The number of hydrogen-bond donors (Lipinski definition) is 1. The molecule has 0 saturated carbocycles. The molecule has 23 heavy (non-hydrogen) atoms. The number of aromatic nitrogens is 3. The predicted octanol–water partition coefficient (Wildman–Crippen LogP) is 2.03. The molecular weight excluding hydrogens is 336 g/mol. The van der Waals surface area contributed by atoms with E-state index in [2.05, 4.69) is 15.5 Å². The molecule has 0 bridgehead atoms. The van der Waals surface area contributed by atoms with Crippen molar-refractivity contribution in [1.82, 2.24) is 20.1 Å². The van der Waals surface area contributed by atoms with Crippen LogP contribution < -0.4 is 5.32 Å². The Balaban J connectivity index is 1.69. The van der Waals surface area contributed by atoms with Gasteiger partial charge in [-0.05, 0) is 24.1 Å². The summed E-state index contributed by atoms with van der Waals surface area (Å²) in [6, 6.07) is 7.62. The van der Waals surface area contributed by atoms with Gasteiger partial charge in [-0.25, -0.2) is 0 Å². The number of benzene rings is 1. The molecule has 0 aliphatic heterocycles. The molecule has 2 aromatic rings. The van der Waals surface area contributed by atoms with Crippen LogP contribution in [-0.4, -0.2) is 46.7 Å². The van der Waals surface area contributed by atoms with Gasteiger partial charge in [-0.2, -0.15) is 0 Å². The molecule has 6 nitrogen and oxygen atoms in total. The first kappa shape index (κ1) is 17.8. The predicted molar refractivity (Wildman–Crippen MR) is 90.8 cm³/mol. The Hall–Kier alpha value is -1.57. The molecule has 1 heterocycles. The molecule has 1 N–H and O–H groups in total. The van der Waals surface area contributed by atoms with Crippen molar-refractivity contribution in [2.24, 2.45) is 0 Å². The van der Waals surface area contributed by atoms with Crippen LogP contribution >= 0.6 is 23.4 Å². The normalized spacial score (nSPS) is 10.7. The molecule has 0 saturated heterocycles. The topological polar surface area (TPSA) is 69.0 Å². The molecule has 1 amide bonds. The first-order chi connectivity index (χ1) is 11.2. The van der Waals surface area contributed by atoms with E-state index in [0.29, 0.717) is 30.5 Å². The van der Waals surface area contributed by atoms with E-state index in [4.69, 9.17) is 16.3 Å². The van der Waals surface area contributed by atoms with Crippen molar-refractivity contribution in [2.45, 2.75) is 18.1 Å². The minimum absolute atomic E-state index is 0.0229. The summed E-state index contributed by atoms with van der Waals surface area (Å²) in [5.74, 6) is 0.289. The van der Waals surface area contributed by atoms with E-state index in [1.54, 1.807) is 13.4 Å². The molecule has 0 aliphatic carbocycles. The van der Waals surface area contributed by atoms with Crippen LogP contribution in [0.2, 0.25) is 5.02 Å². The summed E-state index contributed by atoms with van der Waals surface area (Å²) in [6.07, 6.45) is 2.41. The summed E-state index contributed by atoms with van der Waals surface area (Å²) in [7, 11) is 1.64. The van der Waals surface area contributed by atoms with E-state index < -0.39 is 0 Å². The lowest BCUT2D eigenvalue weighted by Crippen LogP contribution is -2.27. The quantitative estimate of drug-likeness (QED) is 0.698. The second-order valence-electron chi connectivity index (χ2n) is 4.81. The molecule has 2 rings (SSSR count). The summed E-state index contributed by atoms with van der Waals surface area (Å²) in [6.45, 7) is 1.85. The van der Waals surface area contributed by atoms with Crippen molar-refractivity contribution in [3.8, 4) is 0 Å². The van der Waals surface area contributed by atoms with E-state index in [-0.39, 0.29) is 5.91 Å². The SMILES string of the molecule is COCCn1cnnc1SCC(=O)NCCc1ccc(Cl)cc1. The van der Waals surface area contributed by atoms with Gasteiger partial charge in [0.15, 0.2) is 5.16 Å². The van der Waals surface area contributed by atoms with Crippen molar-refractivity contribution in [3.63, 3.8) is 0 Å². The maximum Gasteiger partial charge on any atom is 0.230 e. The van der Waals surface area contributed by atoms with E-state index in [0.717, 1.165) is 17.1 Å². The van der Waals surface area contributed by atoms with Gasteiger partial charge in [0, 0.05) is 25.2 Å². The summed E-state index contributed by atoms with van der Waals surface area (Å²) >= 11 is 7.20. The molecule has 1 aromatic heterocycles. The van der Waals surface area contributed by atoms with E-state index >= 15 is 0 Å². The number of nitrogens with one attached hydrogen (secondary N) is 1. The number of thioether (sulfide) groups is 1. The first-order valence-corrected chi connectivity index (χ1v) is 8.56. The molecule has 0 spiro atoms. The number of carbonyl (C=O) groups is 1. The highest BCUT2D eigenvalue weighted by molar-refractivity contribution is 7.99. The van der Waals surface area contributed by atoms with Crippen LogP contribution in [-0.2, 0) is 22.5 Å². The second-order valence-corrected chi connectivity index (χ2v) is 6.19. The van der Waals surface area contributed by atoms with Gasteiger partial charge in [0.25, 0.3) is 0 Å². The minimum atomic E-state index is -0.0229. The maximum absolute atomic E-state index is 11.9. The molecular formula is C15H19ClN4O2S. The number of halogens is 1. The van der Waals surface area contributed by atoms with E-state index in [9.17, 15) is 4.79 Å². The Bertz CT molecular complexity index is 618. The van der Waals surface area contributed by atoms with Gasteiger partial charge in [-0.1, -0.05) is 35.5 Å². The highest BCUT2D eigenvalue weighted by Crippen LogP contribution is 2.14. The summed E-state index contributed by atoms with van der Waals surface area (Å²) in [4.78, 5) is 11.9. The summed E-state index contributed by atoms with van der Waals surface area (Å²) in [5.41, 5.74) is 1.14. The average Bonchev–Trinajstić information content (AvgIpc) is 3.00. The molecule has 0 aliphatic rings. The van der Waals surface area contributed by atoms with E-state index in [1.165, 1.54) is 11.8 Å². The largest absolute Gasteiger partial charge is 0.383 e. The standard InChI is InChI=1S/C15H19ClN4O2S/c1-22-9-8-20-11-18-19-15(20)23-10-14(21)17-7-6-12-2-4-13(16)5-3-12/h2-5,11H,6-10H2,1H3,(H,17,21). The Morgan fingerprint density at radius 3 is 2.91 bits per heavy atom. The van der Waals surface area contributed by atoms with Crippen LogP contribution in [0.4, 0.5) is 0 Å². The van der Waals surface area contributed by atoms with Crippen molar-refractivity contribution < 1.29 is 9.53 Å². The van der Waals surface area contributed by atoms with Crippen molar-refractivity contribution >= 4 is 29.3 Å². The fourth-order valence-corrected chi connectivity index (χ4v) is 2.77. The zero-order chi connectivity index (χ0) is 16.5. The molecule has 0 unspecified atom stereocenters. The lowest BCUT2D eigenvalue weighted by Gasteiger charge is -2.07. The van der Waals surface area contributed by atoms with Crippen LogP contribution in [0.25, 0.3) is 0 Å². The minimum Gasteiger partial charge on any atom is -0.383 e. The van der Waals surface area contributed by atoms with Crippen molar-refractivity contribution in [1.29, 1.82) is 0 Å². The highest BCUT2D eigenvalue weighted by Gasteiger charge is 2.08. The zero-order valence-corrected chi connectivity index (χ0v) is 14.4. The molecule has 0 radical (unpaired) electrons. The lowest BCUT2D eigenvalue weighted by atomic mass is 10.1. The third-order valence-electron chi connectivity index (χ3n) is 3.10. The number of rotatable bonds is 9. The van der Waals surface area contributed by atoms with Crippen LogP contribution in [0, 0.1) is 0 Å². The second kappa shape index (κ2) is 9.54. The molecule has 124 valence electrons.